The zero-order chi connectivity index (χ0) is 19.8. The van der Waals surface area contributed by atoms with E-state index in [4.69, 9.17) is 9.47 Å². The molecule has 0 amide bonds. The van der Waals surface area contributed by atoms with E-state index in [-0.39, 0.29) is 5.92 Å². The Balaban J connectivity index is 1.83. The zero-order valence-electron chi connectivity index (χ0n) is 15.9. The Morgan fingerprint density at radius 3 is 2.59 bits per heavy atom. The van der Waals surface area contributed by atoms with Crippen molar-refractivity contribution in [3.63, 3.8) is 0 Å². The summed E-state index contributed by atoms with van der Waals surface area (Å²) in [6.07, 6.45) is 3.79. The van der Waals surface area contributed by atoms with Crippen molar-refractivity contribution in [1.82, 2.24) is 4.57 Å². The zero-order valence-corrected chi connectivity index (χ0v) is 15.9. The smallest absolute Gasteiger partial charge is 0.218 e. The van der Waals surface area contributed by atoms with Gasteiger partial charge in [-0.1, -0.05) is 48.5 Å². The lowest BCUT2D eigenvalue weighted by Gasteiger charge is -2.29. The number of hydrogen-bond donors (Lipinski definition) is 0. The van der Waals surface area contributed by atoms with Crippen LogP contribution in [0.25, 0.3) is 16.7 Å². The Morgan fingerprint density at radius 2 is 1.79 bits per heavy atom. The minimum Gasteiger partial charge on any atom is -0.497 e. The maximum Gasteiger partial charge on any atom is 0.218 e. The van der Waals surface area contributed by atoms with Crippen LogP contribution in [0.4, 0.5) is 0 Å². The molecule has 5 rings (SSSR count). The predicted molar refractivity (Wildman–Crippen MR) is 113 cm³/mol. The van der Waals surface area contributed by atoms with Gasteiger partial charge in [-0.25, -0.2) is 0 Å². The molecule has 140 valence electrons. The first-order valence-corrected chi connectivity index (χ1v) is 9.41. The van der Waals surface area contributed by atoms with Gasteiger partial charge in [-0.15, -0.1) is 0 Å². The van der Waals surface area contributed by atoms with E-state index in [1.807, 2.05) is 65.5 Å². The molecule has 1 aliphatic heterocycles. The third-order valence-corrected chi connectivity index (χ3v) is 5.33. The molecule has 1 aliphatic rings. The van der Waals surface area contributed by atoms with Crippen LogP contribution in [0.15, 0.2) is 90.8 Å². The number of allylic oxidation sites excluding steroid dienone is 1. The van der Waals surface area contributed by atoms with Crippen LogP contribution in [-0.4, -0.2) is 11.7 Å². The number of rotatable bonds is 3. The molecule has 0 radical (unpaired) electrons. The summed E-state index contributed by atoms with van der Waals surface area (Å²) < 4.78 is 13.7. The van der Waals surface area contributed by atoms with E-state index in [0.717, 1.165) is 33.4 Å². The first kappa shape index (κ1) is 17.2. The topological polar surface area (TPSA) is 47.2 Å². The number of nitriles is 1. The first-order valence-electron chi connectivity index (χ1n) is 9.41. The van der Waals surface area contributed by atoms with E-state index in [1.54, 1.807) is 7.11 Å². The summed E-state index contributed by atoms with van der Waals surface area (Å²) in [5.74, 6) is 1.84. The molecular weight excluding hydrogens is 360 g/mol. The lowest BCUT2D eigenvalue weighted by molar-refractivity contribution is 0.414. The largest absolute Gasteiger partial charge is 0.497 e. The monoisotopic (exact) mass is 378 g/mol. The highest BCUT2D eigenvalue weighted by Gasteiger charge is 2.33. The summed E-state index contributed by atoms with van der Waals surface area (Å²) in [4.78, 5) is 0. The highest BCUT2D eigenvalue weighted by molar-refractivity contribution is 5.92. The summed E-state index contributed by atoms with van der Waals surface area (Å²) in [5, 5.41) is 12.3. The van der Waals surface area contributed by atoms with Gasteiger partial charge < -0.3 is 9.47 Å². The van der Waals surface area contributed by atoms with Gasteiger partial charge >= 0.3 is 0 Å². The Morgan fingerprint density at radius 1 is 0.966 bits per heavy atom. The SMILES string of the molecule is COc1cccc(C2C(C#N)=C(n3cccc3)Oc3c2ccc2ccccc32)c1. The van der Waals surface area contributed by atoms with E-state index in [1.165, 1.54) is 0 Å². The van der Waals surface area contributed by atoms with E-state index in [0.29, 0.717) is 11.5 Å². The molecule has 0 fully saturated rings. The number of nitrogens with zero attached hydrogens (tertiary/aromatic N) is 2. The minimum absolute atomic E-state index is 0.249. The Kier molecular flexibility index (Phi) is 4.07. The number of fused-ring (bicyclic) bond motifs is 3. The van der Waals surface area contributed by atoms with Gasteiger partial charge in [0.15, 0.2) is 0 Å². The molecule has 0 saturated heterocycles. The van der Waals surface area contributed by atoms with Gasteiger partial charge in [0.25, 0.3) is 0 Å². The van der Waals surface area contributed by atoms with Crippen LogP contribution in [0.3, 0.4) is 0 Å². The third kappa shape index (κ3) is 2.76. The highest BCUT2D eigenvalue weighted by Crippen LogP contribution is 2.47. The van der Waals surface area contributed by atoms with Gasteiger partial charge in [-0.3, -0.25) is 4.57 Å². The summed E-state index contributed by atoms with van der Waals surface area (Å²) in [7, 11) is 1.65. The molecular formula is C25H18N2O2. The molecule has 4 nitrogen and oxygen atoms in total. The van der Waals surface area contributed by atoms with Gasteiger partial charge in [-0.2, -0.15) is 5.26 Å². The fourth-order valence-corrected chi connectivity index (χ4v) is 3.97. The van der Waals surface area contributed by atoms with E-state index < -0.39 is 0 Å². The molecule has 4 heteroatoms. The summed E-state index contributed by atoms with van der Waals surface area (Å²) in [6.45, 7) is 0. The van der Waals surface area contributed by atoms with Crippen molar-refractivity contribution >= 4 is 16.7 Å². The Hall–Kier alpha value is -3.97. The molecule has 0 bridgehead atoms. The van der Waals surface area contributed by atoms with Gasteiger partial charge in [0.05, 0.1) is 13.0 Å². The van der Waals surface area contributed by atoms with Crippen LogP contribution in [0.1, 0.15) is 17.0 Å². The number of benzene rings is 3. The molecule has 29 heavy (non-hydrogen) atoms. The molecule has 0 saturated carbocycles. The molecule has 4 aromatic rings. The van der Waals surface area contributed by atoms with E-state index >= 15 is 0 Å². The van der Waals surface area contributed by atoms with E-state index in [9.17, 15) is 5.26 Å². The lowest BCUT2D eigenvalue weighted by atomic mass is 9.82. The van der Waals surface area contributed by atoms with Crippen LogP contribution in [0.5, 0.6) is 11.5 Å². The second kappa shape index (κ2) is 6.88. The Bertz CT molecular complexity index is 1280. The average molecular weight is 378 g/mol. The maximum absolute atomic E-state index is 10.1. The van der Waals surface area contributed by atoms with E-state index in [2.05, 4.69) is 30.3 Å². The fraction of sp³-hybridized carbons (Fsp3) is 0.0800. The second-order valence-electron chi connectivity index (χ2n) is 6.94. The predicted octanol–water partition coefficient (Wildman–Crippen LogP) is 5.57. The van der Waals surface area contributed by atoms with Crippen molar-refractivity contribution in [3.8, 4) is 17.6 Å². The van der Waals surface area contributed by atoms with Crippen LogP contribution in [-0.2, 0) is 0 Å². The number of hydrogen-bond acceptors (Lipinski definition) is 3. The fourth-order valence-electron chi connectivity index (χ4n) is 3.97. The molecule has 0 spiro atoms. The summed E-state index contributed by atoms with van der Waals surface area (Å²) in [6, 6.07) is 26.4. The number of aromatic nitrogens is 1. The molecule has 1 atom stereocenters. The molecule has 0 aliphatic carbocycles. The summed E-state index contributed by atoms with van der Waals surface area (Å²) in [5.41, 5.74) is 2.53. The van der Waals surface area contributed by atoms with Gasteiger partial charge in [-0.05, 0) is 35.2 Å². The summed E-state index contributed by atoms with van der Waals surface area (Å²) >= 11 is 0. The van der Waals surface area contributed by atoms with Crippen molar-refractivity contribution < 1.29 is 9.47 Å². The van der Waals surface area contributed by atoms with Crippen molar-refractivity contribution in [2.45, 2.75) is 5.92 Å². The minimum atomic E-state index is -0.249. The first-order chi connectivity index (χ1) is 14.3. The standard InChI is InChI=1S/C25H18N2O2/c1-28-19-9-6-8-18(15-19)23-21-12-11-17-7-2-3-10-20(17)24(21)29-25(22(23)16-26)27-13-4-5-14-27/h2-15,23H,1H3. The van der Waals surface area contributed by atoms with Crippen LogP contribution in [0.2, 0.25) is 0 Å². The lowest BCUT2D eigenvalue weighted by Crippen LogP contribution is -2.18. The maximum atomic E-state index is 10.1. The van der Waals surface area contributed by atoms with Crippen molar-refractivity contribution in [3.05, 3.63) is 102 Å². The molecule has 2 heterocycles. The van der Waals surface area contributed by atoms with Crippen molar-refractivity contribution in [2.24, 2.45) is 0 Å². The molecule has 0 N–H and O–H groups in total. The normalized spacial score (nSPS) is 15.5. The van der Waals surface area contributed by atoms with Crippen LogP contribution >= 0.6 is 0 Å². The van der Waals surface area contributed by atoms with Crippen LogP contribution < -0.4 is 9.47 Å². The molecule has 1 unspecified atom stereocenters. The highest BCUT2D eigenvalue weighted by atomic mass is 16.5. The average Bonchev–Trinajstić information content (AvgIpc) is 3.32. The van der Waals surface area contributed by atoms with Crippen molar-refractivity contribution in [2.75, 3.05) is 7.11 Å². The molecule has 1 aromatic heterocycles. The van der Waals surface area contributed by atoms with Gasteiger partial charge in [0, 0.05) is 23.3 Å². The molecule has 3 aromatic carbocycles. The quantitative estimate of drug-likeness (QED) is 0.468. The number of ether oxygens (including phenoxy) is 2. The second-order valence-corrected chi connectivity index (χ2v) is 6.94. The van der Waals surface area contributed by atoms with Crippen LogP contribution in [0, 0.1) is 11.3 Å². The Labute approximate surface area is 168 Å². The van der Waals surface area contributed by atoms with Gasteiger partial charge in [0.2, 0.25) is 5.88 Å². The van der Waals surface area contributed by atoms with Crippen molar-refractivity contribution in [1.29, 1.82) is 5.26 Å². The number of methoxy groups -OCH3 is 1. The van der Waals surface area contributed by atoms with Gasteiger partial charge in [0.1, 0.15) is 23.1 Å². The third-order valence-electron chi connectivity index (χ3n) is 5.33.